The molecular formula is C19H19N3O3S. The lowest BCUT2D eigenvalue weighted by Crippen LogP contribution is -2.27. The molecule has 0 saturated heterocycles. The Morgan fingerprint density at radius 3 is 3.23 bits per heavy atom. The Morgan fingerprint density at radius 2 is 2.38 bits per heavy atom. The molecule has 3 heterocycles. The van der Waals surface area contributed by atoms with Crippen molar-refractivity contribution < 1.29 is 14.6 Å². The van der Waals surface area contributed by atoms with Crippen LogP contribution in [-0.2, 0) is 16.1 Å². The van der Waals surface area contributed by atoms with Crippen LogP contribution < -0.4 is 0 Å². The molecule has 1 aliphatic heterocycles. The van der Waals surface area contributed by atoms with Crippen LogP contribution in [0, 0.1) is 0 Å². The van der Waals surface area contributed by atoms with Gasteiger partial charge < -0.3 is 19.7 Å². The smallest absolute Gasteiger partial charge is 0.308 e. The minimum atomic E-state index is -0.228. The number of phenols is 1. The number of hydrogen-bond acceptors (Lipinski definition) is 6. The number of benzene rings is 1. The zero-order valence-corrected chi connectivity index (χ0v) is 15.1. The maximum Gasteiger partial charge on any atom is 0.308 e. The highest BCUT2D eigenvalue weighted by Gasteiger charge is 2.27. The van der Waals surface area contributed by atoms with Gasteiger partial charge in [0, 0.05) is 53.2 Å². The first-order valence-electron chi connectivity index (χ1n) is 8.49. The predicted octanol–water partition coefficient (Wildman–Crippen LogP) is 3.81. The maximum absolute atomic E-state index is 12.2. The molecule has 1 aliphatic rings. The van der Waals surface area contributed by atoms with Crippen LogP contribution in [0.4, 0.5) is 0 Å². The van der Waals surface area contributed by atoms with Crippen molar-refractivity contribution in [2.45, 2.75) is 25.9 Å². The second-order valence-electron chi connectivity index (χ2n) is 6.20. The highest BCUT2D eigenvalue weighted by atomic mass is 32.1. The summed E-state index contributed by atoms with van der Waals surface area (Å²) in [4.78, 5) is 18.7. The molecule has 0 aliphatic carbocycles. The number of aromatic nitrogens is 2. The number of ether oxygens (including phenoxy) is 1. The number of carbonyl (C=O) groups excluding carboxylic acids is 1. The third-order valence-electron chi connectivity index (χ3n) is 4.57. The Hall–Kier alpha value is -2.80. The minimum Gasteiger partial charge on any atom is -0.508 e. The van der Waals surface area contributed by atoms with Gasteiger partial charge in [-0.3, -0.25) is 4.79 Å². The summed E-state index contributed by atoms with van der Waals surface area (Å²) in [6, 6.07) is 5.05. The molecule has 0 bridgehead atoms. The molecule has 1 unspecified atom stereocenters. The molecular weight excluding hydrogens is 350 g/mol. The molecule has 6 nitrogen and oxygen atoms in total. The summed E-state index contributed by atoms with van der Waals surface area (Å²) in [6.07, 6.45) is 8.09. The van der Waals surface area contributed by atoms with Gasteiger partial charge in [0.1, 0.15) is 5.75 Å². The van der Waals surface area contributed by atoms with E-state index < -0.39 is 0 Å². The summed E-state index contributed by atoms with van der Waals surface area (Å²) in [7, 11) is 0. The van der Waals surface area contributed by atoms with Crippen LogP contribution in [0.25, 0.3) is 17.0 Å². The lowest BCUT2D eigenvalue weighted by molar-refractivity contribution is -0.144. The normalized spacial score (nSPS) is 14.4. The molecule has 3 aromatic rings. The summed E-state index contributed by atoms with van der Waals surface area (Å²) < 4.78 is 9.45. The fraction of sp³-hybridized carbons (Fsp3) is 0.263. The monoisotopic (exact) mass is 369 g/mol. The van der Waals surface area contributed by atoms with Crippen LogP contribution in [0.5, 0.6) is 5.75 Å². The lowest BCUT2D eigenvalue weighted by Gasteiger charge is -2.32. The van der Waals surface area contributed by atoms with Crippen molar-refractivity contribution in [2.75, 3.05) is 6.61 Å². The first-order valence-corrected chi connectivity index (χ1v) is 9.26. The quantitative estimate of drug-likeness (QED) is 0.669. The third-order valence-corrected chi connectivity index (χ3v) is 5.37. The summed E-state index contributed by atoms with van der Waals surface area (Å²) in [5, 5.41) is 10.7. The number of hydrogen-bond donors (Lipinski definition) is 2. The Morgan fingerprint density at radius 1 is 1.50 bits per heavy atom. The van der Waals surface area contributed by atoms with Gasteiger partial charge in [0.25, 0.3) is 0 Å². The van der Waals surface area contributed by atoms with Gasteiger partial charge in [-0.1, -0.05) is 0 Å². The molecule has 0 spiro atoms. The standard InChI is InChI=1S/C19H19N3O3S/c1-2-25-19(24)8-17(22-6-5-18-12(11-22)9-21-26-18)15-10-20-16-7-13(23)3-4-14(15)16/h3-7,9-10,17,20,23H,2,8,11H2,1H3. The number of nitrogens with one attached hydrogen (secondary N) is 1. The van der Waals surface area contributed by atoms with Crippen LogP contribution in [0.1, 0.15) is 35.4 Å². The fourth-order valence-electron chi connectivity index (χ4n) is 3.35. The first-order chi connectivity index (χ1) is 12.7. The topological polar surface area (TPSA) is 78.5 Å². The first kappa shape index (κ1) is 16.7. The van der Waals surface area contributed by atoms with Crippen molar-refractivity contribution in [2.24, 2.45) is 0 Å². The number of H-pyrrole nitrogens is 1. The molecule has 0 amide bonds. The van der Waals surface area contributed by atoms with Crippen molar-refractivity contribution in [3.63, 3.8) is 0 Å². The molecule has 2 N–H and O–H groups in total. The molecule has 26 heavy (non-hydrogen) atoms. The molecule has 7 heteroatoms. The summed E-state index contributed by atoms with van der Waals surface area (Å²) >= 11 is 1.47. The van der Waals surface area contributed by atoms with E-state index in [-0.39, 0.29) is 24.2 Å². The third kappa shape index (κ3) is 3.06. The van der Waals surface area contributed by atoms with Gasteiger partial charge >= 0.3 is 5.97 Å². The zero-order valence-electron chi connectivity index (χ0n) is 14.3. The number of esters is 1. The molecule has 1 aromatic carbocycles. The molecule has 4 rings (SSSR count). The molecule has 1 atom stereocenters. The van der Waals surface area contributed by atoms with E-state index >= 15 is 0 Å². The highest BCUT2D eigenvalue weighted by Crippen LogP contribution is 2.36. The Labute approximate surface area is 154 Å². The fourth-order valence-corrected chi connectivity index (χ4v) is 4.00. The Kier molecular flexibility index (Phi) is 4.38. The number of aromatic amines is 1. The van der Waals surface area contributed by atoms with Gasteiger partial charge in [0.15, 0.2) is 0 Å². The van der Waals surface area contributed by atoms with Crippen LogP contribution in [0.3, 0.4) is 0 Å². The van der Waals surface area contributed by atoms with E-state index in [2.05, 4.69) is 14.3 Å². The van der Waals surface area contributed by atoms with Gasteiger partial charge in [-0.05, 0) is 36.7 Å². The summed E-state index contributed by atoms with van der Waals surface area (Å²) in [6.45, 7) is 2.87. The van der Waals surface area contributed by atoms with E-state index in [0.29, 0.717) is 13.2 Å². The van der Waals surface area contributed by atoms with E-state index in [1.54, 1.807) is 12.1 Å². The van der Waals surface area contributed by atoms with Crippen LogP contribution in [0.15, 0.2) is 36.8 Å². The number of nitrogens with zero attached hydrogens (tertiary/aromatic N) is 2. The van der Waals surface area contributed by atoms with Crippen LogP contribution >= 0.6 is 11.5 Å². The Balaban J connectivity index is 1.72. The van der Waals surface area contributed by atoms with E-state index in [0.717, 1.165) is 26.9 Å². The van der Waals surface area contributed by atoms with Crippen molar-refractivity contribution in [1.29, 1.82) is 0 Å². The molecule has 134 valence electrons. The molecule has 0 saturated carbocycles. The number of fused-ring (bicyclic) bond motifs is 2. The van der Waals surface area contributed by atoms with E-state index in [9.17, 15) is 9.90 Å². The van der Waals surface area contributed by atoms with Crippen molar-refractivity contribution in [1.82, 2.24) is 14.3 Å². The van der Waals surface area contributed by atoms with Crippen molar-refractivity contribution in [3.05, 3.63) is 52.8 Å². The Bertz CT molecular complexity index is 975. The zero-order chi connectivity index (χ0) is 18.1. The van der Waals surface area contributed by atoms with E-state index in [1.165, 1.54) is 11.5 Å². The maximum atomic E-state index is 12.2. The predicted molar refractivity (Wildman–Crippen MR) is 101 cm³/mol. The lowest BCUT2D eigenvalue weighted by atomic mass is 9.99. The highest BCUT2D eigenvalue weighted by molar-refractivity contribution is 7.06. The summed E-state index contributed by atoms with van der Waals surface area (Å²) in [5.41, 5.74) is 3.00. The molecule has 0 radical (unpaired) electrons. The second kappa shape index (κ2) is 6.84. The molecule has 0 fully saturated rings. The number of aromatic hydroxyl groups is 1. The number of rotatable bonds is 5. The van der Waals surface area contributed by atoms with E-state index in [4.69, 9.17) is 4.74 Å². The van der Waals surface area contributed by atoms with Gasteiger partial charge in [-0.2, -0.15) is 0 Å². The van der Waals surface area contributed by atoms with Gasteiger partial charge in [-0.15, -0.1) is 0 Å². The van der Waals surface area contributed by atoms with Crippen LogP contribution in [-0.4, -0.2) is 31.9 Å². The average molecular weight is 369 g/mol. The summed E-state index contributed by atoms with van der Waals surface area (Å²) in [5.74, 6) is -0.0204. The second-order valence-corrected chi connectivity index (χ2v) is 7.04. The average Bonchev–Trinajstić information content (AvgIpc) is 3.25. The SMILES string of the molecule is CCOC(=O)CC(c1c[nH]c2cc(O)ccc12)N1C=Cc2sncc2C1. The molecule has 2 aromatic heterocycles. The van der Waals surface area contributed by atoms with Crippen molar-refractivity contribution >= 4 is 34.5 Å². The number of carbonyl (C=O) groups is 1. The minimum absolute atomic E-state index is 0.170. The van der Waals surface area contributed by atoms with Gasteiger partial charge in [-0.25, -0.2) is 4.37 Å². The van der Waals surface area contributed by atoms with Crippen molar-refractivity contribution in [3.8, 4) is 5.75 Å². The van der Waals surface area contributed by atoms with Gasteiger partial charge in [0.05, 0.1) is 23.9 Å². The van der Waals surface area contributed by atoms with Crippen LogP contribution in [0.2, 0.25) is 0 Å². The largest absolute Gasteiger partial charge is 0.508 e. The van der Waals surface area contributed by atoms with E-state index in [1.807, 2.05) is 37.7 Å². The number of phenolic OH excluding ortho intramolecular Hbond substituents is 1. The van der Waals surface area contributed by atoms with Gasteiger partial charge in [0.2, 0.25) is 0 Å².